The average molecular weight is 347 g/mol. The van der Waals surface area contributed by atoms with Crippen molar-refractivity contribution in [3.05, 3.63) is 18.2 Å². The van der Waals surface area contributed by atoms with Crippen LogP contribution in [0.1, 0.15) is 76.5 Å². The minimum absolute atomic E-state index is 0.240. The number of carbonyl (C=O) groups excluding carboxylic acids is 1. The van der Waals surface area contributed by atoms with Gasteiger partial charge in [-0.3, -0.25) is 4.79 Å². The molecule has 1 atom stereocenters. The molecule has 2 heterocycles. The van der Waals surface area contributed by atoms with Crippen LogP contribution in [0.15, 0.2) is 12.4 Å². The van der Waals surface area contributed by atoms with Gasteiger partial charge in [0.1, 0.15) is 5.82 Å². The smallest absolute Gasteiger partial charge is 0.221 e. The molecule has 1 N–H and O–H groups in total. The number of aryl methyl sites for hydroxylation is 1. The molecule has 0 bridgehead atoms. The molecule has 0 spiro atoms. The summed E-state index contributed by atoms with van der Waals surface area (Å²) in [5, 5.41) is 3.27. The van der Waals surface area contributed by atoms with Crippen molar-refractivity contribution in [3.63, 3.8) is 0 Å². The molecule has 1 saturated carbocycles. The number of imidazole rings is 1. The Labute approximate surface area is 152 Å². The van der Waals surface area contributed by atoms with Crippen LogP contribution >= 0.6 is 0 Å². The summed E-state index contributed by atoms with van der Waals surface area (Å²) >= 11 is 0. The van der Waals surface area contributed by atoms with Gasteiger partial charge in [-0.25, -0.2) is 4.98 Å². The van der Waals surface area contributed by atoms with Gasteiger partial charge in [0.05, 0.1) is 0 Å². The normalized spacial score (nSPS) is 23.3. The fraction of sp³-hybridized carbons (Fsp3) is 0.800. The fourth-order valence-corrected chi connectivity index (χ4v) is 4.40. The maximum atomic E-state index is 12.3. The van der Waals surface area contributed by atoms with Crippen LogP contribution in [0.2, 0.25) is 0 Å². The van der Waals surface area contributed by atoms with E-state index in [9.17, 15) is 4.79 Å². The van der Waals surface area contributed by atoms with Crippen LogP contribution < -0.4 is 5.32 Å². The van der Waals surface area contributed by atoms with Crippen molar-refractivity contribution < 1.29 is 4.79 Å². The number of hydrogen-bond donors (Lipinski definition) is 1. The largest absolute Gasteiger partial charge is 0.353 e. The maximum Gasteiger partial charge on any atom is 0.221 e. The highest BCUT2D eigenvalue weighted by atomic mass is 16.1. The third-order valence-electron chi connectivity index (χ3n) is 5.83. The first-order valence-electron chi connectivity index (χ1n) is 10.3. The van der Waals surface area contributed by atoms with Gasteiger partial charge < -0.3 is 14.8 Å². The molecular weight excluding hydrogens is 312 g/mol. The third-order valence-corrected chi connectivity index (χ3v) is 5.83. The highest BCUT2D eigenvalue weighted by Crippen LogP contribution is 2.26. The Balaban J connectivity index is 1.44. The lowest BCUT2D eigenvalue weighted by Gasteiger charge is -2.32. The number of carbonyl (C=O) groups is 1. The first kappa shape index (κ1) is 18.4. The van der Waals surface area contributed by atoms with E-state index >= 15 is 0 Å². The summed E-state index contributed by atoms with van der Waals surface area (Å²) in [6, 6.07) is 0.418. The Kier molecular flexibility index (Phi) is 6.91. The van der Waals surface area contributed by atoms with E-state index in [4.69, 9.17) is 0 Å². The van der Waals surface area contributed by atoms with Crippen LogP contribution in [0.5, 0.6) is 0 Å². The van der Waals surface area contributed by atoms with E-state index in [1.165, 1.54) is 44.3 Å². The summed E-state index contributed by atoms with van der Waals surface area (Å²) in [6.45, 7) is 6.18. The molecule has 5 nitrogen and oxygen atoms in total. The van der Waals surface area contributed by atoms with Gasteiger partial charge in [0.15, 0.2) is 0 Å². The van der Waals surface area contributed by atoms with Crippen molar-refractivity contribution >= 4 is 5.91 Å². The molecule has 2 aliphatic rings. The van der Waals surface area contributed by atoms with Crippen LogP contribution in [0.4, 0.5) is 0 Å². The molecule has 0 aromatic carbocycles. The van der Waals surface area contributed by atoms with Gasteiger partial charge in [-0.15, -0.1) is 0 Å². The number of nitrogens with one attached hydrogen (secondary N) is 1. The maximum absolute atomic E-state index is 12.3. The van der Waals surface area contributed by atoms with Crippen LogP contribution in [0, 0.1) is 0 Å². The van der Waals surface area contributed by atoms with Gasteiger partial charge in [0.25, 0.3) is 0 Å². The number of likely N-dealkylation sites (tertiary alicyclic amines) is 1. The van der Waals surface area contributed by atoms with E-state index < -0.39 is 0 Å². The van der Waals surface area contributed by atoms with Gasteiger partial charge in [-0.1, -0.05) is 25.7 Å². The third kappa shape index (κ3) is 5.30. The quantitative estimate of drug-likeness (QED) is 0.804. The summed E-state index contributed by atoms with van der Waals surface area (Å²) in [4.78, 5) is 19.4. The summed E-state index contributed by atoms with van der Waals surface area (Å²) in [5.41, 5.74) is 0. The van der Waals surface area contributed by atoms with Crippen molar-refractivity contribution in [1.29, 1.82) is 0 Å². The number of amides is 1. The Morgan fingerprint density at radius 2 is 2.00 bits per heavy atom. The van der Waals surface area contributed by atoms with E-state index in [-0.39, 0.29) is 5.91 Å². The lowest BCUT2D eigenvalue weighted by Crippen LogP contribution is -2.40. The van der Waals surface area contributed by atoms with Crippen LogP contribution in [0.3, 0.4) is 0 Å². The zero-order chi connectivity index (χ0) is 17.5. The first-order valence-corrected chi connectivity index (χ1v) is 10.3. The average Bonchev–Trinajstić information content (AvgIpc) is 2.97. The molecule has 1 aliphatic heterocycles. The van der Waals surface area contributed by atoms with E-state index in [0.29, 0.717) is 18.4 Å². The lowest BCUT2D eigenvalue weighted by molar-refractivity contribution is -0.122. The molecule has 0 radical (unpaired) electrons. The number of aromatic nitrogens is 2. The summed E-state index contributed by atoms with van der Waals surface area (Å²) in [6.07, 6.45) is 14.6. The zero-order valence-electron chi connectivity index (χ0n) is 15.8. The molecule has 3 rings (SSSR count). The molecule has 1 amide bonds. The number of hydrogen-bond acceptors (Lipinski definition) is 3. The SMILES string of the molecule is CCn1ccnc1C1CCCN(CCC(=O)NC2CCCCCC2)C1. The number of nitrogens with zero attached hydrogens (tertiary/aromatic N) is 3. The minimum Gasteiger partial charge on any atom is -0.353 e. The molecule has 2 fully saturated rings. The minimum atomic E-state index is 0.240. The van der Waals surface area contributed by atoms with E-state index in [2.05, 4.69) is 32.9 Å². The standard InChI is InChI=1S/C20H34N4O/c1-2-24-15-12-21-20(24)17-8-7-13-23(16-17)14-11-19(25)22-18-9-5-3-4-6-10-18/h12,15,17-18H,2-11,13-14,16H2,1H3,(H,22,25). The van der Waals surface area contributed by atoms with Crippen molar-refractivity contribution in [3.8, 4) is 0 Å². The predicted octanol–water partition coefficient (Wildman–Crippen LogP) is 3.31. The highest BCUT2D eigenvalue weighted by Gasteiger charge is 2.25. The monoisotopic (exact) mass is 346 g/mol. The Morgan fingerprint density at radius 3 is 2.76 bits per heavy atom. The molecule has 1 unspecified atom stereocenters. The molecule has 1 aromatic heterocycles. The Morgan fingerprint density at radius 1 is 1.20 bits per heavy atom. The van der Waals surface area contributed by atoms with Gasteiger partial charge in [0.2, 0.25) is 5.91 Å². The highest BCUT2D eigenvalue weighted by molar-refractivity contribution is 5.76. The Hall–Kier alpha value is -1.36. The van der Waals surface area contributed by atoms with Crippen molar-refractivity contribution in [1.82, 2.24) is 19.8 Å². The van der Waals surface area contributed by atoms with Crippen LogP contribution in [-0.2, 0) is 11.3 Å². The molecule has 140 valence electrons. The first-order chi connectivity index (χ1) is 12.3. The molecule has 1 saturated heterocycles. The topological polar surface area (TPSA) is 50.2 Å². The van der Waals surface area contributed by atoms with Gasteiger partial charge >= 0.3 is 0 Å². The lowest BCUT2D eigenvalue weighted by atomic mass is 9.97. The second kappa shape index (κ2) is 9.37. The molecule has 1 aliphatic carbocycles. The second-order valence-corrected chi connectivity index (χ2v) is 7.72. The van der Waals surface area contributed by atoms with Gasteiger partial charge in [-0.05, 0) is 39.2 Å². The van der Waals surface area contributed by atoms with Crippen molar-refractivity contribution in [2.24, 2.45) is 0 Å². The number of rotatable bonds is 6. The van der Waals surface area contributed by atoms with Crippen molar-refractivity contribution in [2.75, 3.05) is 19.6 Å². The number of piperidine rings is 1. The van der Waals surface area contributed by atoms with Crippen LogP contribution in [-0.4, -0.2) is 46.0 Å². The summed E-state index contributed by atoms with van der Waals surface area (Å²) in [7, 11) is 0. The molecule has 25 heavy (non-hydrogen) atoms. The molecular formula is C20H34N4O. The van der Waals surface area contributed by atoms with Gasteiger partial charge in [0, 0.05) is 50.4 Å². The van der Waals surface area contributed by atoms with E-state index in [1.807, 2.05) is 6.20 Å². The molecule has 5 heteroatoms. The molecule has 1 aromatic rings. The summed E-state index contributed by atoms with van der Waals surface area (Å²) < 4.78 is 2.26. The van der Waals surface area contributed by atoms with E-state index in [0.717, 1.165) is 39.0 Å². The summed E-state index contributed by atoms with van der Waals surface area (Å²) in [5.74, 6) is 1.97. The fourth-order valence-electron chi connectivity index (χ4n) is 4.40. The van der Waals surface area contributed by atoms with E-state index in [1.54, 1.807) is 0 Å². The van der Waals surface area contributed by atoms with Crippen LogP contribution in [0.25, 0.3) is 0 Å². The van der Waals surface area contributed by atoms with Gasteiger partial charge in [-0.2, -0.15) is 0 Å². The second-order valence-electron chi connectivity index (χ2n) is 7.72. The predicted molar refractivity (Wildman–Crippen MR) is 101 cm³/mol. The van der Waals surface area contributed by atoms with Crippen molar-refractivity contribution in [2.45, 2.75) is 83.2 Å². The zero-order valence-corrected chi connectivity index (χ0v) is 15.8. The Bertz CT molecular complexity index is 534.